The number of piperidine rings is 1. The average molecular weight is 357 g/mol. The van der Waals surface area contributed by atoms with Gasteiger partial charge in [-0.2, -0.15) is 5.26 Å². The molecule has 1 atom stereocenters. The number of aromatic nitrogens is 2. The van der Waals surface area contributed by atoms with Gasteiger partial charge in [0.25, 0.3) is 5.88 Å². The van der Waals surface area contributed by atoms with Gasteiger partial charge in [0.05, 0.1) is 13.0 Å². The van der Waals surface area contributed by atoms with E-state index in [1.165, 1.54) is 12.4 Å². The van der Waals surface area contributed by atoms with Crippen molar-refractivity contribution in [2.75, 3.05) is 13.1 Å². The molecule has 128 valence electrons. The molecule has 0 bridgehead atoms. The maximum atomic E-state index is 12.6. The molecule has 2 heterocycles. The Morgan fingerprint density at radius 2 is 2.16 bits per heavy atom. The van der Waals surface area contributed by atoms with Crippen LogP contribution in [0.2, 0.25) is 5.02 Å². The predicted octanol–water partition coefficient (Wildman–Crippen LogP) is 2.61. The SMILES string of the molecule is N#Cc1nccnc1OC1CCCN(C(=O)Cc2ccccc2Cl)C1. The number of likely N-dealkylation sites (tertiary alicyclic amines) is 1. The lowest BCUT2D eigenvalue weighted by Crippen LogP contribution is -2.45. The van der Waals surface area contributed by atoms with Crippen molar-refractivity contribution < 1.29 is 9.53 Å². The summed E-state index contributed by atoms with van der Waals surface area (Å²) in [5, 5.41) is 9.66. The second kappa shape index (κ2) is 7.95. The minimum absolute atomic E-state index is 0.0149. The third kappa shape index (κ3) is 4.25. The van der Waals surface area contributed by atoms with E-state index in [4.69, 9.17) is 21.6 Å². The number of nitrogens with zero attached hydrogens (tertiary/aromatic N) is 4. The summed E-state index contributed by atoms with van der Waals surface area (Å²) >= 11 is 6.14. The van der Waals surface area contributed by atoms with Gasteiger partial charge in [-0.3, -0.25) is 4.79 Å². The first kappa shape index (κ1) is 17.2. The molecule has 1 unspecified atom stereocenters. The monoisotopic (exact) mass is 356 g/mol. The number of hydrogen-bond donors (Lipinski definition) is 0. The molecular weight excluding hydrogens is 340 g/mol. The van der Waals surface area contributed by atoms with Crippen molar-refractivity contribution in [1.29, 1.82) is 5.26 Å². The lowest BCUT2D eigenvalue weighted by Gasteiger charge is -2.32. The first-order chi connectivity index (χ1) is 12.2. The summed E-state index contributed by atoms with van der Waals surface area (Å²) in [6.07, 6.45) is 4.64. The fourth-order valence-corrected chi connectivity index (χ4v) is 3.03. The minimum Gasteiger partial charge on any atom is -0.470 e. The van der Waals surface area contributed by atoms with Crippen LogP contribution in [0.5, 0.6) is 5.88 Å². The van der Waals surface area contributed by atoms with Crippen LogP contribution in [0.3, 0.4) is 0 Å². The maximum Gasteiger partial charge on any atom is 0.251 e. The average Bonchev–Trinajstić information content (AvgIpc) is 2.64. The summed E-state index contributed by atoms with van der Waals surface area (Å²) in [5.74, 6) is 0.233. The molecule has 1 aliphatic rings. The van der Waals surface area contributed by atoms with E-state index in [1.807, 2.05) is 24.3 Å². The summed E-state index contributed by atoms with van der Waals surface area (Å²) in [4.78, 5) is 22.4. The Hall–Kier alpha value is -2.65. The molecule has 7 heteroatoms. The molecular formula is C18H17ClN4O2. The maximum absolute atomic E-state index is 12.6. The Morgan fingerprint density at radius 1 is 1.36 bits per heavy atom. The lowest BCUT2D eigenvalue weighted by molar-refractivity contribution is -0.133. The second-order valence-corrected chi connectivity index (χ2v) is 6.22. The van der Waals surface area contributed by atoms with E-state index in [0.717, 1.165) is 18.4 Å². The van der Waals surface area contributed by atoms with E-state index in [9.17, 15) is 4.79 Å². The molecule has 1 aromatic carbocycles. The normalized spacial score (nSPS) is 17.0. The van der Waals surface area contributed by atoms with Crippen molar-refractivity contribution in [3.05, 3.63) is 52.9 Å². The van der Waals surface area contributed by atoms with Gasteiger partial charge < -0.3 is 9.64 Å². The molecule has 0 saturated carbocycles. The molecule has 1 saturated heterocycles. The smallest absolute Gasteiger partial charge is 0.251 e. The summed E-state index contributed by atoms with van der Waals surface area (Å²) in [6.45, 7) is 1.15. The zero-order chi connectivity index (χ0) is 17.6. The first-order valence-electron chi connectivity index (χ1n) is 8.06. The summed E-state index contributed by atoms with van der Waals surface area (Å²) in [6, 6.07) is 9.31. The number of amides is 1. The topological polar surface area (TPSA) is 79.1 Å². The summed E-state index contributed by atoms with van der Waals surface area (Å²) in [5.41, 5.74) is 0.972. The summed E-state index contributed by atoms with van der Waals surface area (Å²) in [7, 11) is 0. The lowest BCUT2D eigenvalue weighted by atomic mass is 10.1. The highest BCUT2D eigenvalue weighted by Crippen LogP contribution is 2.21. The number of carbonyl (C=O) groups excluding carboxylic acids is 1. The van der Waals surface area contributed by atoms with Gasteiger partial charge in [-0.1, -0.05) is 29.8 Å². The molecule has 1 amide bonds. The number of nitriles is 1. The van der Waals surface area contributed by atoms with Crippen LogP contribution in [0, 0.1) is 11.3 Å². The second-order valence-electron chi connectivity index (χ2n) is 5.81. The first-order valence-corrected chi connectivity index (χ1v) is 8.44. The fourth-order valence-electron chi connectivity index (χ4n) is 2.82. The van der Waals surface area contributed by atoms with Crippen LogP contribution in [0.1, 0.15) is 24.1 Å². The van der Waals surface area contributed by atoms with Crippen molar-refractivity contribution in [3.63, 3.8) is 0 Å². The highest BCUT2D eigenvalue weighted by Gasteiger charge is 2.26. The van der Waals surface area contributed by atoms with Crippen molar-refractivity contribution in [1.82, 2.24) is 14.9 Å². The molecule has 2 aromatic rings. The Bertz CT molecular complexity index is 806. The zero-order valence-electron chi connectivity index (χ0n) is 13.6. The van der Waals surface area contributed by atoms with E-state index >= 15 is 0 Å². The zero-order valence-corrected chi connectivity index (χ0v) is 14.3. The number of carbonyl (C=O) groups is 1. The quantitative estimate of drug-likeness (QED) is 0.841. The molecule has 0 aliphatic carbocycles. The Labute approximate surface area is 151 Å². The van der Waals surface area contributed by atoms with Crippen LogP contribution in [0.25, 0.3) is 0 Å². The molecule has 1 aromatic heterocycles. The third-order valence-corrected chi connectivity index (χ3v) is 4.45. The molecule has 1 aliphatic heterocycles. The van der Waals surface area contributed by atoms with Crippen molar-refractivity contribution in [2.45, 2.75) is 25.4 Å². The highest BCUT2D eigenvalue weighted by molar-refractivity contribution is 6.31. The van der Waals surface area contributed by atoms with Crippen LogP contribution in [-0.4, -0.2) is 40.0 Å². The largest absolute Gasteiger partial charge is 0.470 e. The fraction of sp³-hybridized carbons (Fsp3) is 0.333. The Morgan fingerprint density at radius 3 is 2.96 bits per heavy atom. The van der Waals surface area contributed by atoms with E-state index < -0.39 is 0 Å². The standard InChI is InChI=1S/C18H17ClN4O2/c19-15-6-2-1-4-13(15)10-17(24)23-9-3-5-14(12-23)25-18-16(11-20)21-7-8-22-18/h1-2,4,6-8,14H,3,5,9-10,12H2. The van der Waals surface area contributed by atoms with Gasteiger partial charge >= 0.3 is 0 Å². The molecule has 0 N–H and O–H groups in total. The van der Waals surface area contributed by atoms with Crippen LogP contribution in [0.15, 0.2) is 36.7 Å². The van der Waals surface area contributed by atoms with Gasteiger partial charge in [0.15, 0.2) is 0 Å². The van der Waals surface area contributed by atoms with E-state index in [-0.39, 0.29) is 30.0 Å². The van der Waals surface area contributed by atoms with Gasteiger partial charge in [0.1, 0.15) is 12.2 Å². The van der Waals surface area contributed by atoms with Gasteiger partial charge in [-0.05, 0) is 24.5 Å². The van der Waals surface area contributed by atoms with Crippen molar-refractivity contribution in [2.24, 2.45) is 0 Å². The minimum atomic E-state index is -0.201. The van der Waals surface area contributed by atoms with E-state index in [2.05, 4.69) is 9.97 Å². The molecule has 3 rings (SSSR count). The number of benzene rings is 1. The van der Waals surface area contributed by atoms with Gasteiger partial charge in [0, 0.05) is 24.0 Å². The third-order valence-electron chi connectivity index (χ3n) is 4.08. The number of hydrogen-bond acceptors (Lipinski definition) is 5. The van der Waals surface area contributed by atoms with E-state index in [0.29, 0.717) is 18.1 Å². The van der Waals surface area contributed by atoms with Crippen molar-refractivity contribution >= 4 is 17.5 Å². The number of halogens is 1. The Kier molecular flexibility index (Phi) is 5.46. The van der Waals surface area contributed by atoms with Crippen LogP contribution in [-0.2, 0) is 11.2 Å². The van der Waals surface area contributed by atoms with Crippen LogP contribution < -0.4 is 4.74 Å². The molecule has 25 heavy (non-hydrogen) atoms. The molecule has 0 spiro atoms. The van der Waals surface area contributed by atoms with E-state index in [1.54, 1.807) is 11.0 Å². The molecule has 0 radical (unpaired) electrons. The summed E-state index contributed by atoms with van der Waals surface area (Å²) < 4.78 is 5.82. The predicted molar refractivity (Wildman–Crippen MR) is 92.1 cm³/mol. The van der Waals surface area contributed by atoms with Crippen molar-refractivity contribution in [3.8, 4) is 11.9 Å². The number of ether oxygens (including phenoxy) is 1. The van der Waals surface area contributed by atoms with Crippen LogP contribution >= 0.6 is 11.6 Å². The van der Waals surface area contributed by atoms with Gasteiger partial charge in [-0.15, -0.1) is 0 Å². The Balaban J connectivity index is 1.64. The highest BCUT2D eigenvalue weighted by atomic mass is 35.5. The molecule has 1 fully saturated rings. The molecule has 6 nitrogen and oxygen atoms in total. The number of rotatable bonds is 4. The van der Waals surface area contributed by atoms with Gasteiger partial charge in [-0.25, -0.2) is 9.97 Å². The van der Waals surface area contributed by atoms with Crippen LogP contribution in [0.4, 0.5) is 0 Å². The van der Waals surface area contributed by atoms with Gasteiger partial charge in [0.2, 0.25) is 11.6 Å².